The van der Waals surface area contributed by atoms with Crippen molar-refractivity contribution in [3.63, 3.8) is 0 Å². The van der Waals surface area contributed by atoms with Crippen LogP contribution in [-0.4, -0.2) is 61.7 Å². The Labute approximate surface area is 167 Å². The average molecular weight is 406 g/mol. The highest BCUT2D eigenvalue weighted by atomic mass is 32.2. The van der Waals surface area contributed by atoms with Gasteiger partial charge in [0, 0.05) is 36.7 Å². The number of sulfone groups is 1. The Bertz CT molecular complexity index is 849. The van der Waals surface area contributed by atoms with Crippen molar-refractivity contribution in [3.05, 3.63) is 0 Å². The zero-order chi connectivity index (χ0) is 22.6. The summed E-state index contributed by atoms with van der Waals surface area (Å²) < 4.78 is 70.8. The molecule has 5 heterocycles. The first-order chi connectivity index (χ1) is 14.2. The van der Waals surface area contributed by atoms with Gasteiger partial charge in [-0.05, 0) is 38.0 Å². The molecule has 154 valence electrons. The van der Waals surface area contributed by atoms with Gasteiger partial charge in [-0.25, -0.2) is 18.2 Å². The molecule has 0 amide bonds. The van der Waals surface area contributed by atoms with E-state index in [4.69, 9.17) is 24.7 Å². The molecule has 1 spiro atoms. The van der Waals surface area contributed by atoms with E-state index in [9.17, 15) is 8.42 Å². The summed E-state index contributed by atoms with van der Waals surface area (Å²) in [4.78, 5) is 12.8. The molecule has 2 bridgehead atoms. The maximum atomic E-state index is 12.2. The minimum Gasteiger partial charge on any atom is -0.331 e. The Kier molecular flexibility index (Phi) is 3.33. The van der Waals surface area contributed by atoms with Crippen LogP contribution in [0.3, 0.4) is 0 Å². The van der Waals surface area contributed by atoms with E-state index in [1.165, 1.54) is 0 Å². The van der Waals surface area contributed by atoms with Crippen molar-refractivity contribution in [2.45, 2.75) is 70.4 Å². The molecule has 27 heavy (non-hydrogen) atoms. The van der Waals surface area contributed by atoms with E-state index < -0.39 is 58.2 Å². The molecular formula is C19H31NO6S. The van der Waals surface area contributed by atoms with Crippen LogP contribution in [0.15, 0.2) is 0 Å². The van der Waals surface area contributed by atoms with E-state index in [0.717, 1.165) is 24.2 Å². The second-order valence-corrected chi connectivity index (χ2v) is 11.1. The van der Waals surface area contributed by atoms with Crippen molar-refractivity contribution in [1.29, 1.82) is 0 Å². The minimum atomic E-state index is -3.88. The highest BCUT2D eigenvalue weighted by Gasteiger charge is 2.69. The minimum absolute atomic E-state index is 0.106. The second kappa shape index (κ2) is 6.12. The molecule has 0 unspecified atom stereocenters. The fourth-order valence-electron chi connectivity index (χ4n) is 5.80. The number of rotatable bonds is 1. The molecule has 1 saturated carbocycles. The third-order valence-electron chi connectivity index (χ3n) is 7.29. The van der Waals surface area contributed by atoms with Crippen LogP contribution in [0.25, 0.3) is 0 Å². The first-order valence-electron chi connectivity index (χ1n) is 11.9. The maximum absolute atomic E-state index is 12.2. The van der Waals surface area contributed by atoms with Gasteiger partial charge >= 0.3 is 0 Å². The molecule has 8 heteroatoms. The summed E-state index contributed by atoms with van der Waals surface area (Å²) in [7, 11) is -3.88. The van der Waals surface area contributed by atoms with Crippen molar-refractivity contribution in [2.24, 2.45) is 23.7 Å². The van der Waals surface area contributed by atoms with Crippen LogP contribution in [0, 0.1) is 23.7 Å². The van der Waals surface area contributed by atoms with Gasteiger partial charge in [-0.15, -0.1) is 0 Å². The fraction of sp³-hybridized carbons (Fsp3) is 1.00. The van der Waals surface area contributed by atoms with Crippen LogP contribution < -0.4 is 0 Å². The van der Waals surface area contributed by atoms with Crippen LogP contribution in [0.2, 0.25) is 0 Å². The van der Waals surface area contributed by atoms with Crippen LogP contribution in [0.1, 0.15) is 51.9 Å². The lowest BCUT2D eigenvalue weighted by Crippen LogP contribution is -2.72. The lowest BCUT2D eigenvalue weighted by Gasteiger charge is -2.61. The Morgan fingerprint density at radius 2 is 1.81 bits per heavy atom. The van der Waals surface area contributed by atoms with Gasteiger partial charge in [0.2, 0.25) is 5.79 Å². The lowest BCUT2D eigenvalue weighted by atomic mass is 9.58. The molecule has 7 nitrogen and oxygen atoms in total. The molecular weight excluding hydrogens is 370 g/mol. The van der Waals surface area contributed by atoms with Crippen LogP contribution >= 0.6 is 0 Å². The summed E-state index contributed by atoms with van der Waals surface area (Å²) in [5, 5.41) is 0. The van der Waals surface area contributed by atoms with Crippen LogP contribution in [0.4, 0.5) is 0 Å². The number of hydrogen-bond donors (Lipinski definition) is 0. The highest BCUT2D eigenvalue weighted by Crippen LogP contribution is 2.60. The predicted molar refractivity (Wildman–Crippen MR) is 97.1 cm³/mol. The zero-order valence-corrected chi connectivity index (χ0v) is 16.8. The average Bonchev–Trinajstić information content (AvgIpc) is 2.82. The summed E-state index contributed by atoms with van der Waals surface area (Å²) in [5.41, 5.74) is -0.842. The molecule has 0 aromatic rings. The molecule has 6 rings (SSSR count). The van der Waals surface area contributed by atoms with E-state index in [-0.39, 0.29) is 17.8 Å². The summed E-state index contributed by atoms with van der Waals surface area (Å²) in [6.45, 7) is 1.05. The molecule has 6 aliphatic rings. The summed E-state index contributed by atoms with van der Waals surface area (Å²) in [5.74, 6) is -2.46. The second-order valence-electron chi connectivity index (χ2n) is 9.01. The number of hydrogen-bond acceptors (Lipinski definition) is 7. The number of fused-ring (bicyclic) bond motifs is 2. The monoisotopic (exact) mass is 405 g/mol. The Morgan fingerprint density at radius 1 is 1.07 bits per heavy atom. The largest absolute Gasteiger partial charge is 0.331 e. The standard InChI is InChI=1S/C19H31NO6S/c1-12-4-5-15-13(2)16(20-8-10-27(21,22)11-9-20)23-17-19(15)14(12)6-7-18(3,24-17)25-26-19/h12-17H,4-11H2,1-3H3/t12-,13-,14+,15+,16-,17-,18-,19-/m1/s1/i8D2,9D2. The molecule has 5 aliphatic heterocycles. The van der Waals surface area contributed by atoms with Gasteiger partial charge in [0.25, 0.3) is 0 Å². The van der Waals surface area contributed by atoms with E-state index in [2.05, 4.69) is 6.92 Å². The molecule has 0 radical (unpaired) electrons. The molecule has 1 aliphatic carbocycles. The number of ether oxygens (including phenoxy) is 2. The van der Waals surface area contributed by atoms with Crippen LogP contribution in [-0.2, 0) is 29.1 Å². The van der Waals surface area contributed by atoms with Crippen molar-refractivity contribution in [2.75, 3.05) is 24.5 Å². The quantitative estimate of drug-likeness (QED) is 0.617. The van der Waals surface area contributed by atoms with Gasteiger partial charge in [-0.3, -0.25) is 4.90 Å². The van der Waals surface area contributed by atoms with Crippen molar-refractivity contribution < 1.29 is 33.1 Å². The normalized spacial score (nSPS) is 60.9. The topological polar surface area (TPSA) is 74.3 Å². The summed E-state index contributed by atoms with van der Waals surface area (Å²) in [6, 6.07) is 0. The first-order valence-corrected chi connectivity index (χ1v) is 11.7. The third-order valence-corrected chi connectivity index (χ3v) is 8.42. The lowest BCUT2D eigenvalue weighted by molar-refractivity contribution is -0.574. The molecule has 5 saturated heterocycles. The molecule has 8 atom stereocenters. The van der Waals surface area contributed by atoms with Crippen molar-refractivity contribution >= 4 is 9.84 Å². The van der Waals surface area contributed by atoms with E-state index in [0.29, 0.717) is 12.3 Å². The van der Waals surface area contributed by atoms with Gasteiger partial charge in [0.05, 0.1) is 11.5 Å². The van der Waals surface area contributed by atoms with Crippen molar-refractivity contribution in [1.82, 2.24) is 4.90 Å². The molecule has 0 aromatic heterocycles. The molecule has 0 aromatic carbocycles. The number of nitrogens with zero attached hydrogens (tertiary/aromatic N) is 1. The first kappa shape index (κ1) is 14.7. The summed E-state index contributed by atoms with van der Waals surface area (Å²) in [6.07, 6.45) is 1.40. The third kappa shape index (κ3) is 2.74. The highest BCUT2D eigenvalue weighted by molar-refractivity contribution is 7.91. The van der Waals surface area contributed by atoms with E-state index in [1.54, 1.807) is 6.92 Å². The summed E-state index contributed by atoms with van der Waals surface area (Å²) >= 11 is 0. The smallest absolute Gasteiger partial charge is 0.201 e. The van der Waals surface area contributed by atoms with Crippen LogP contribution in [0.5, 0.6) is 0 Å². The van der Waals surface area contributed by atoms with Gasteiger partial charge in [0.1, 0.15) is 6.23 Å². The SMILES string of the molecule is [2H]C1([2H])CS(=O)(=O)CC([2H])([2H])N1[C@@H]1O[C@@H]2O[C@@]3(C)CC[C@H]4[C@H](C)CC[C@@H]([C@H]1C)[C@@]24OO3. The molecule has 0 N–H and O–H groups in total. The molecule has 6 fully saturated rings. The van der Waals surface area contributed by atoms with Gasteiger partial charge in [0.15, 0.2) is 21.7 Å². The predicted octanol–water partition coefficient (Wildman–Crippen LogP) is 1.92. The Hall–Kier alpha value is -0.250. The maximum Gasteiger partial charge on any atom is 0.201 e. The Balaban J connectivity index is 1.57. The van der Waals surface area contributed by atoms with Gasteiger partial charge < -0.3 is 9.47 Å². The van der Waals surface area contributed by atoms with Gasteiger partial charge in [-0.2, -0.15) is 0 Å². The fourth-order valence-corrected chi connectivity index (χ4v) is 6.58. The van der Waals surface area contributed by atoms with E-state index >= 15 is 0 Å². The van der Waals surface area contributed by atoms with Crippen molar-refractivity contribution in [3.8, 4) is 0 Å². The van der Waals surface area contributed by atoms with Gasteiger partial charge in [-0.1, -0.05) is 13.8 Å². The Morgan fingerprint density at radius 3 is 2.56 bits per heavy atom. The zero-order valence-electron chi connectivity index (χ0n) is 20.0. The van der Waals surface area contributed by atoms with E-state index in [1.807, 2.05) is 6.92 Å².